The fourth-order valence-corrected chi connectivity index (χ4v) is 8.46. The zero-order valence-corrected chi connectivity index (χ0v) is 21.7. The van der Waals surface area contributed by atoms with Gasteiger partial charge in [-0.2, -0.15) is 0 Å². The van der Waals surface area contributed by atoms with Crippen molar-refractivity contribution in [1.29, 1.82) is 0 Å². The number of esters is 2. The number of ketones is 2. The Hall–Kier alpha value is -2.17. The zero-order chi connectivity index (χ0) is 27.0. The van der Waals surface area contributed by atoms with E-state index in [1.807, 2.05) is 0 Å². The number of aliphatic hydroxyl groups is 1. The van der Waals surface area contributed by atoms with Gasteiger partial charge in [-0.1, -0.05) is 19.4 Å². The molecular weight excluding hydrogens is 487 g/mol. The molecule has 4 fully saturated rings. The summed E-state index contributed by atoms with van der Waals surface area (Å²) >= 11 is 0. The Balaban J connectivity index is 1.58. The number of hydrogen-bond donors (Lipinski definition) is 1. The Kier molecular flexibility index (Phi) is 6.20. The van der Waals surface area contributed by atoms with Crippen molar-refractivity contribution in [2.75, 3.05) is 13.2 Å². The van der Waals surface area contributed by atoms with Crippen molar-refractivity contribution in [1.82, 2.24) is 0 Å². The van der Waals surface area contributed by atoms with E-state index in [-0.39, 0.29) is 25.2 Å². The highest BCUT2D eigenvalue weighted by Gasteiger charge is 2.78. The minimum atomic E-state index is -2.01. The number of fused-ring (bicyclic) bond motifs is 7. The monoisotopic (exact) mass is 522 g/mol. The predicted octanol–water partition coefficient (Wildman–Crippen LogP) is 2.37. The van der Waals surface area contributed by atoms with Crippen molar-refractivity contribution in [3.05, 3.63) is 11.6 Å². The summed E-state index contributed by atoms with van der Waals surface area (Å²) in [6, 6.07) is 0. The highest BCUT2D eigenvalue weighted by Crippen LogP contribution is 2.71. The first-order valence-corrected chi connectivity index (χ1v) is 13.0. The molecule has 1 N–H and O–H groups in total. The molecule has 9 nitrogen and oxygen atoms in total. The van der Waals surface area contributed by atoms with Crippen LogP contribution in [-0.2, 0) is 38.1 Å². The molecule has 1 saturated heterocycles. The second-order valence-electron chi connectivity index (χ2n) is 11.8. The summed E-state index contributed by atoms with van der Waals surface area (Å²) < 4.78 is 40.1. The molecule has 4 aliphatic carbocycles. The predicted molar refractivity (Wildman–Crippen MR) is 125 cm³/mol. The van der Waals surface area contributed by atoms with E-state index in [0.717, 1.165) is 5.57 Å². The van der Waals surface area contributed by atoms with Gasteiger partial charge in [-0.3, -0.25) is 19.2 Å². The number of carbonyl (C=O) groups is 4. The van der Waals surface area contributed by atoms with Gasteiger partial charge in [0.25, 0.3) is 0 Å². The highest BCUT2D eigenvalue weighted by atomic mass is 19.1. The van der Waals surface area contributed by atoms with Crippen LogP contribution in [0.2, 0.25) is 0 Å². The Morgan fingerprint density at radius 2 is 1.89 bits per heavy atom. The number of aliphatic hydroxyl groups excluding tert-OH is 1. The first-order valence-electron chi connectivity index (χ1n) is 13.0. The SMILES string of the molecule is CC(=O)OCC(=O)[C@@]12OC(OC(C)=O)CO[C@@H]1C[C@H]1[C@@H]3CCC4=CC(=O)CC[C@]4(C)[C@@]3(F)[C@@H](O)C[C@@]12C. The average Bonchev–Trinajstić information content (AvgIpc) is 3.07. The third-order valence-corrected chi connectivity index (χ3v) is 10.1. The fourth-order valence-electron chi connectivity index (χ4n) is 8.46. The van der Waals surface area contributed by atoms with Crippen LogP contribution < -0.4 is 0 Å². The molecule has 204 valence electrons. The van der Waals surface area contributed by atoms with Gasteiger partial charge >= 0.3 is 11.9 Å². The van der Waals surface area contributed by atoms with Gasteiger partial charge in [0.2, 0.25) is 12.1 Å². The van der Waals surface area contributed by atoms with Gasteiger partial charge in [0.15, 0.2) is 18.0 Å². The number of allylic oxidation sites excluding steroid dienone is 1. The maximum absolute atomic E-state index is 17.5. The Morgan fingerprint density at radius 1 is 1.16 bits per heavy atom. The van der Waals surface area contributed by atoms with Crippen LogP contribution in [0.1, 0.15) is 66.2 Å². The van der Waals surface area contributed by atoms with Crippen LogP contribution in [0.4, 0.5) is 4.39 Å². The lowest BCUT2D eigenvalue weighted by molar-refractivity contribution is -0.314. The molecule has 0 aromatic rings. The largest absolute Gasteiger partial charge is 0.458 e. The molecule has 5 rings (SSSR count). The molecule has 0 aromatic carbocycles. The number of hydrogen-bond acceptors (Lipinski definition) is 9. The summed E-state index contributed by atoms with van der Waals surface area (Å²) in [7, 11) is 0. The molecule has 9 atom stereocenters. The normalized spacial score (nSPS) is 46.5. The summed E-state index contributed by atoms with van der Waals surface area (Å²) in [6.45, 7) is 5.31. The molecule has 3 saturated carbocycles. The number of halogens is 1. The molecule has 5 aliphatic rings. The quantitative estimate of drug-likeness (QED) is 0.554. The maximum Gasteiger partial charge on any atom is 0.305 e. The van der Waals surface area contributed by atoms with Crippen LogP contribution in [0, 0.1) is 22.7 Å². The van der Waals surface area contributed by atoms with Gasteiger partial charge in [-0.15, -0.1) is 0 Å². The molecular formula is C27H35FO9. The second kappa shape index (κ2) is 8.68. The van der Waals surface area contributed by atoms with Gasteiger partial charge < -0.3 is 24.1 Å². The van der Waals surface area contributed by atoms with E-state index < -0.39 is 76.8 Å². The van der Waals surface area contributed by atoms with Crippen LogP contribution >= 0.6 is 0 Å². The lowest BCUT2D eigenvalue weighted by atomic mass is 9.43. The minimum Gasteiger partial charge on any atom is -0.458 e. The second-order valence-corrected chi connectivity index (χ2v) is 11.8. The Bertz CT molecular complexity index is 1070. The molecule has 37 heavy (non-hydrogen) atoms. The number of rotatable bonds is 4. The summed E-state index contributed by atoms with van der Waals surface area (Å²) in [5.41, 5.74) is -5.09. The van der Waals surface area contributed by atoms with Gasteiger partial charge in [-0.05, 0) is 44.1 Å². The fraction of sp³-hybridized carbons (Fsp3) is 0.778. The third kappa shape index (κ3) is 3.51. The minimum absolute atomic E-state index is 0.0233. The highest BCUT2D eigenvalue weighted by molar-refractivity contribution is 5.93. The van der Waals surface area contributed by atoms with Crippen LogP contribution in [0.5, 0.6) is 0 Å². The molecule has 10 heteroatoms. The maximum atomic E-state index is 17.5. The van der Waals surface area contributed by atoms with Crippen LogP contribution in [0.15, 0.2) is 11.6 Å². The van der Waals surface area contributed by atoms with Crippen LogP contribution in [-0.4, -0.2) is 71.6 Å². The van der Waals surface area contributed by atoms with E-state index in [0.29, 0.717) is 25.7 Å². The molecule has 1 heterocycles. The van der Waals surface area contributed by atoms with Gasteiger partial charge in [0.1, 0.15) is 12.3 Å². The van der Waals surface area contributed by atoms with E-state index in [9.17, 15) is 24.3 Å². The van der Waals surface area contributed by atoms with E-state index in [2.05, 4.69) is 0 Å². The molecule has 1 unspecified atom stereocenters. The Labute approximate surface area is 215 Å². The van der Waals surface area contributed by atoms with E-state index in [1.165, 1.54) is 13.8 Å². The molecule has 0 spiro atoms. The van der Waals surface area contributed by atoms with E-state index >= 15 is 4.39 Å². The van der Waals surface area contributed by atoms with Crippen molar-refractivity contribution in [2.24, 2.45) is 22.7 Å². The topological polar surface area (TPSA) is 125 Å². The van der Waals surface area contributed by atoms with Crippen molar-refractivity contribution in [2.45, 2.75) is 96.0 Å². The summed E-state index contributed by atoms with van der Waals surface area (Å²) in [5.74, 6) is -2.90. The number of ether oxygens (including phenoxy) is 4. The lowest BCUT2D eigenvalue weighted by Crippen LogP contribution is -2.72. The molecule has 0 amide bonds. The third-order valence-electron chi connectivity index (χ3n) is 10.1. The molecule has 0 aromatic heterocycles. The van der Waals surface area contributed by atoms with Gasteiger partial charge in [0.05, 0.1) is 12.2 Å². The van der Waals surface area contributed by atoms with Crippen LogP contribution in [0.25, 0.3) is 0 Å². The summed E-state index contributed by atoms with van der Waals surface area (Å²) in [6.07, 6.45) is -0.236. The number of alkyl halides is 1. The molecule has 0 bridgehead atoms. The van der Waals surface area contributed by atoms with Gasteiger partial charge in [0, 0.05) is 37.0 Å². The van der Waals surface area contributed by atoms with Crippen LogP contribution in [0.3, 0.4) is 0 Å². The van der Waals surface area contributed by atoms with Crippen molar-refractivity contribution >= 4 is 23.5 Å². The van der Waals surface area contributed by atoms with Crippen molar-refractivity contribution in [3.8, 4) is 0 Å². The standard InChI is InChI=1S/C27H35FO9/c1-14(29)34-12-21(33)27-22(35-13-23(37-27)36-15(2)30)10-19-18-6-5-16-9-17(31)7-8-24(16,3)26(18,28)20(32)11-25(19,27)4/h9,18-20,22-23,32H,5-8,10-13H2,1-4H3/t18-,19-,20-,22+,23?,24-,25-,26-,27+/m0/s1. The number of carbonyl (C=O) groups excluding carboxylic acids is 4. The van der Waals surface area contributed by atoms with E-state index in [4.69, 9.17) is 18.9 Å². The summed E-state index contributed by atoms with van der Waals surface area (Å²) in [4.78, 5) is 49.2. The number of Topliss-reactive ketones (excluding diaryl/α,β-unsaturated/α-hetero) is 1. The molecule has 0 radical (unpaired) electrons. The lowest BCUT2D eigenvalue weighted by Gasteiger charge is -2.64. The Morgan fingerprint density at radius 3 is 2.57 bits per heavy atom. The zero-order valence-electron chi connectivity index (χ0n) is 21.7. The van der Waals surface area contributed by atoms with Crippen molar-refractivity contribution in [3.63, 3.8) is 0 Å². The van der Waals surface area contributed by atoms with Crippen molar-refractivity contribution < 1.29 is 47.6 Å². The first kappa shape index (κ1) is 26.4. The average molecular weight is 523 g/mol. The molecule has 1 aliphatic heterocycles. The van der Waals surface area contributed by atoms with E-state index in [1.54, 1.807) is 19.9 Å². The smallest absolute Gasteiger partial charge is 0.305 e. The van der Waals surface area contributed by atoms with Gasteiger partial charge in [-0.25, -0.2) is 4.39 Å². The first-order chi connectivity index (χ1) is 17.3. The summed E-state index contributed by atoms with van der Waals surface area (Å²) in [5, 5.41) is 11.6.